The van der Waals surface area contributed by atoms with Gasteiger partial charge >= 0.3 is 0 Å². The number of carbonyl (C=O) groups is 1. The Morgan fingerprint density at radius 1 is 1.27 bits per heavy atom. The van der Waals surface area contributed by atoms with Crippen molar-refractivity contribution in [3.05, 3.63) is 53.3 Å². The third-order valence-corrected chi connectivity index (χ3v) is 4.89. The number of carbonyl (C=O) groups excluding carboxylic acids is 1. The van der Waals surface area contributed by atoms with Crippen LogP contribution in [0.2, 0.25) is 0 Å². The standard InChI is InChI=1S/C17H18FNO6S/c1-3-25-16-12(5-4-6-14(16)24-2)10-19-26(22,23)15-9-11(17(20)21)7-8-13(15)18/h4-9,19H,3,10H2,1-2H3,(H,20,21)/p-1. The molecule has 2 aromatic rings. The van der Waals surface area contributed by atoms with Crippen LogP contribution in [0, 0.1) is 5.82 Å². The molecule has 0 saturated carbocycles. The summed E-state index contributed by atoms with van der Waals surface area (Å²) in [6.45, 7) is 1.90. The Bertz CT molecular complexity index is 913. The number of halogens is 1. The number of benzene rings is 2. The van der Waals surface area contributed by atoms with Crippen LogP contribution in [-0.4, -0.2) is 28.1 Å². The molecule has 0 heterocycles. The van der Waals surface area contributed by atoms with Crippen LogP contribution in [0.1, 0.15) is 22.8 Å². The van der Waals surface area contributed by atoms with Crippen molar-refractivity contribution < 1.29 is 32.2 Å². The van der Waals surface area contributed by atoms with Crippen LogP contribution < -0.4 is 19.3 Å². The summed E-state index contributed by atoms with van der Waals surface area (Å²) in [6.07, 6.45) is 0. The van der Waals surface area contributed by atoms with E-state index in [0.717, 1.165) is 12.1 Å². The minimum atomic E-state index is -4.31. The lowest BCUT2D eigenvalue weighted by Gasteiger charge is -2.15. The Hall–Kier alpha value is -2.65. The van der Waals surface area contributed by atoms with E-state index in [1.54, 1.807) is 25.1 Å². The second-order valence-electron chi connectivity index (χ2n) is 5.14. The summed E-state index contributed by atoms with van der Waals surface area (Å²) in [6, 6.07) is 7.34. The Morgan fingerprint density at radius 3 is 2.62 bits per heavy atom. The molecule has 0 aromatic heterocycles. The molecule has 0 atom stereocenters. The number of rotatable bonds is 8. The summed E-state index contributed by atoms with van der Waals surface area (Å²) in [5, 5.41) is 10.9. The van der Waals surface area contributed by atoms with Gasteiger partial charge in [0.2, 0.25) is 10.0 Å². The van der Waals surface area contributed by atoms with Gasteiger partial charge in [0.25, 0.3) is 0 Å². The van der Waals surface area contributed by atoms with E-state index in [1.807, 2.05) is 0 Å². The number of carboxylic acid groups (broad SMARTS) is 1. The molecule has 2 aromatic carbocycles. The first-order chi connectivity index (χ1) is 12.3. The maximum absolute atomic E-state index is 13.9. The van der Waals surface area contributed by atoms with Gasteiger partial charge in [-0.05, 0) is 30.7 Å². The van der Waals surface area contributed by atoms with Crippen LogP contribution in [0.25, 0.3) is 0 Å². The zero-order valence-corrected chi connectivity index (χ0v) is 14.9. The normalized spacial score (nSPS) is 11.2. The maximum atomic E-state index is 13.9. The fraction of sp³-hybridized carbons (Fsp3) is 0.235. The zero-order chi connectivity index (χ0) is 19.3. The third-order valence-electron chi connectivity index (χ3n) is 3.48. The molecule has 26 heavy (non-hydrogen) atoms. The van der Waals surface area contributed by atoms with Crippen molar-refractivity contribution in [3.8, 4) is 11.5 Å². The van der Waals surface area contributed by atoms with Gasteiger partial charge in [-0.3, -0.25) is 0 Å². The van der Waals surface area contributed by atoms with Gasteiger partial charge in [0, 0.05) is 12.1 Å². The van der Waals surface area contributed by atoms with Gasteiger partial charge in [-0.2, -0.15) is 0 Å². The van der Waals surface area contributed by atoms with Crippen LogP contribution in [0.15, 0.2) is 41.3 Å². The molecule has 9 heteroatoms. The van der Waals surface area contributed by atoms with E-state index >= 15 is 0 Å². The number of ether oxygens (including phenoxy) is 2. The molecule has 1 N–H and O–H groups in total. The van der Waals surface area contributed by atoms with Crippen LogP contribution >= 0.6 is 0 Å². The van der Waals surface area contributed by atoms with Crippen molar-refractivity contribution in [2.75, 3.05) is 13.7 Å². The number of aromatic carboxylic acids is 1. The summed E-state index contributed by atoms with van der Waals surface area (Å²) < 4.78 is 51.6. The van der Waals surface area contributed by atoms with E-state index in [-0.39, 0.29) is 6.54 Å². The number of methoxy groups -OCH3 is 1. The smallest absolute Gasteiger partial charge is 0.243 e. The van der Waals surface area contributed by atoms with Gasteiger partial charge in [0.05, 0.1) is 19.7 Å². The molecule has 0 fully saturated rings. The molecule has 0 unspecified atom stereocenters. The average molecular weight is 382 g/mol. The van der Waals surface area contributed by atoms with E-state index in [9.17, 15) is 22.7 Å². The fourth-order valence-corrected chi connectivity index (χ4v) is 3.36. The van der Waals surface area contributed by atoms with Crippen molar-refractivity contribution in [1.29, 1.82) is 0 Å². The molecule has 2 rings (SSSR count). The van der Waals surface area contributed by atoms with Gasteiger partial charge < -0.3 is 19.4 Å². The van der Waals surface area contributed by atoms with Crippen molar-refractivity contribution in [2.45, 2.75) is 18.4 Å². The molecule has 0 amide bonds. The van der Waals surface area contributed by atoms with Crippen molar-refractivity contribution in [2.24, 2.45) is 0 Å². The highest BCUT2D eigenvalue weighted by molar-refractivity contribution is 7.89. The quantitative estimate of drug-likeness (QED) is 0.732. The lowest BCUT2D eigenvalue weighted by molar-refractivity contribution is -0.255. The highest BCUT2D eigenvalue weighted by Gasteiger charge is 2.21. The van der Waals surface area contributed by atoms with Gasteiger partial charge in [-0.25, -0.2) is 17.5 Å². The van der Waals surface area contributed by atoms with Crippen LogP contribution in [-0.2, 0) is 16.6 Å². The number of sulfonamides is 1. The van der Waals surface area contributed by atoms with Crippen LogP contribution in [0.4, 0.5) is 4.39 Å². The van der Waals surface area contributed by atoms with Gasteiger partial charge in [-0.15, -0.1) is 0 Å². The second kappa shape index (κ2) is 8.15. The minimum absolute atomic E-state index is 0.205. The predicted molar refractivity (Wildman–Crippen MR) is 88.9 cm³/mol. The Morgan fingerprint density at radius 2 is 2.00 bits per heavy atom. The summed E-state index contributed by atoms with van der Waals surface area (Å²) >= 11 is 0. The highest BCUT2D eigenvalue weighted by atomic mass is 32.2. The van der Waals surface area contributed by atoms with Crippen molar-refractivity contribution in [1.82, 2.24) is 4.72 Å². The van der Waals surface area contributed by atoms with Gasteiger partial charge in [-0.1, -0.05) is 18.2 Å². The van der Waals surface area contributed by atoms with Crippen LogP contribution in [0.3, 0.4) is 0 Å². The monoisotopic (exact) mass is 382 g/mol. The Labute approximate surface area is 150 Å². The average Bonchev–Trinajstić information content (AvgIpc) is 2.61. The number of hydrogen-bond acceptors (Lipinski definition) is 6. The maximum Gasteiger partial charge on any atom is 0.243 e. The largest absolute Gasteiger partial charge is 0.545 e. The molecule has 0 saturated heterocycles. The Balaban J connectivity index is 2.32. The first-order valence-corrected chi connectivity index (χ1v) is 9.07. The molecule has 0 radical (unpaired) electrons. The van der Waals surface area contributed by atoms with E-state index in [2.05, 4.69) is 4.72 Å². The summed E-state index contributed by atoms with van der Waals surface area (Å²) in [4.78, 5) is 10.1. The summed E-state index contributed by atoms with van der Waals surface area (Å²) in [5.41, 5.74) is 0.0365. The van der Waals surface area contributed by atoms with E-state index in [1.165, 1.54) is 7.11 Å². The molecule has 140 valence electrons. The topological polar surface area (TPSA) is 105 Å². The molecular weight excluding hydrogens is 365 g/mol. The van der Waals surface area contributed by atoms with E-state index in [0.29, 0.717) is 29.7 Å². The molecule has 0 aliphatic heterocycles. The van der Waals surface area contributed by atoms with Gasteiger partial charge in [0.1, 0.15) is 10.7 Å². The number of hydrogen-bond donors (Lipinski definition) is 1. The third kappa shape index (κ3) is 4.30. The second-order valence-corrected chi connectivity index (χ2v) is 6.87. The van der Waals surface area contributed by atoms with E-state index < -0.39 is 32.3 Å². The SMILES string of the molecule is CCOc1c(CNS(=O)(=O)c2cc(C(=O)[O-])ccc2F)cccc1OC. The first-order valence-electron chi connectivity index (χ1n) is 7.59. The summed E-state index contributed by atoms with van der Waals surface area (Å²) in [5.74, 6) is -1.89. The molecule has 7 nitrogen and oxygen atoms in total. The Kier molecular flexibility index (Phi) is 6.17. The molecule has 0 bridgehead atoms. The fourth-order valence-electron chi connectivity index (χ4n) is 2.26. The molecule has 0 spiro atoms. The number of para-hydroxylation sites is 1. The highest BCUT2D eigenvalue weighted by Crippen LogP contribution is 2.31. The van der Waals surface area contributed by atoms with Crippen molar-refractivity contribution in [3.63, 3.8) is 0 Å². The van der Waals surface area contributed by atoms with Crippen LogP contribution in [0.5, 0.6) is 11.5 Å². The van der Waals surface area contributed by atoms with Crippen molar-refractivity contribution >= 4 is 16.0 Å². The minimum Gasteiger partial charge on any atom is -0.545 e. The lowest BCUT2D eigenvalue weighted by Crippen LogP contribution is -2.26. The van der Waals surface area contributed by atoms with E-state index in [4.69, 9.17) is 9.47 Å². The molecular formula is C17H17FNO6S-. The lowest BCUT2D eigenvalue weighted by atomic mass is 10.2. The summed E-state index contributed by atoms with van der Waals surface area (Å²) in [7, 11) is -2.86. The molecule has 0 aliphatic rings. The zero-order valence-electron chi connectivity index (χ0n) is 14.1. The van der Waals surface area contributed by atoms with Gasteiger partial charge in [0.15, 0.2) is 11.5 Å². The first kappa shape index (κ1) is 19.7. The molecule has 0 aliphatic carbocycles. The number of carboxylic acids is 1. The predicted octanol–water partition coefficient (Wildman–Crippen LogP) is 1.07. The number of nitrogens with one attached hydrogen (secondary N) is 1.